The lowest BCUT2D eigenvalue weighted by Crippen LogP contribution is -2.04. The Balaban J connectivity index is 2.40. The van der Waals surface area contributed by atoms with Crippen LogP contribution in [0.2, 0.25) is 0 Å². The Morgan fingerprint density at radius 1 is 1.42 bits per heavy atom. The summed E-state index contributed by atoms with van der Waals surface area (Å²) in [6.45, 7) is 0. The summed E-state index contributed by atoms with van der Waals surface area (Å²) in [5.41, 5.74) is -0.960. The fraction of sp³-hybridized carbons (Fsp3) is 0.273. The van der Waals surface area contributed by atoms with Crippen molar-refractivity contribution in [1.82, 2.24) is 9.55 Å². The number of carbonyl (C=O) groups is 1. The molecule has 0 spiro atoms. The maximum absolute atomic E-state index is 12.5. The van der Waals surface area contributed by atoms with E-state index in [-0.39, 0.29) is 5.82 Å². The van der Waals surface area contributed by atoms with Gasteiger partial charge in [0.15, 0.2) is 11.5 Å². The number of aromatic nitrogens is 2. The summed E-state index contributed by atoms with van der Waals surface area (Å²) >= 11 is 1.03. The number of hydrogen-bond acceptors (Lipinski definition) is 4. The van der Waals surface area contributed by atoms with Gasteiger partial charge >= 0.3 is 12.1 Å². The Hall–Kier alpha value is -1.83. The number of ether oxygens (including phenoxy) is 1. The maximum atomic E-state index is 12.5. The molecule has 102 valence electrons. The van der Waals surface area contributed by atoms with E-state index >= 15 is 0 Å². The van der Waals surface area contributed by atoms with Crippen LogP contribution in [0.4, 0.5) is 13.2 Å². The monoisotopic (exact) mass is 290 g/mol. The SMILES string of the molecule is COC(=O)c1ccc(-c2nc(C(F)(F)F)cn2C)s1. The molecule has 0 aliphatic carbocycles. The quantitative estimate of drug-likeness (QED) is 0.799. The van der Waals surface area contributed by atoms with Crippen molar-refractivity contribution in [3.05, 3.63) is 28.9 Å². The molecule has 8 heteroatoms. The van der Waals surface area contributed by atoms with E-state index in [0.717, 1.165) is 17.5 Å². The van der Waals surface area contributed by atoms with Crippen LogP contribution in [0.25, 0.3) is 10.7 Å². The first kappa shape index (κ1) is 13.6. The van der Waals surface area contributed by atoms with Crippen LogP contribution in [0.15, 0.2) is 18.3 Å². The van der Waals surface area contributed by atoms with Gasteiger partial charge in [0.05, 0.1) is 12.0 Å². The van der Waals surface area contributed by atoms with Gasteiger partial charge in [-0.2, -0.15) is 13.2 Å². The van der Waals surface area contributed by atoms with Gasteiger partial charge in [-0.15, -0.1) is 11.3 Å². The molecular formula is C11H9F3N2O2S. The number of alkyl halides is 3. The van der Waals surface area contributed by atoms with Gasteiger partial charge in [-0.05, 0) is 12.1 Å². The molecule has 19 heavy (non-hydrogen) atoms. The van der Waals surface area contributed by atoms with E-state index in [0.29, 0.717) is 9.75 Å². The number of aryl methyl sites for hydroxylation is 1. The summed E-state index contributed by atoms with van der Waals surface area (Å²) in [6.07, 6.45) is -3.58. The second kappa shape index (κ2) is 4.69. The average molecular weight is 290 g/mol. The molecule has 0 fully saturated rings. The summed E-state index contributed by atoms with van der Waals surface area (Å²) < 4.78 is 43.4. The van der Waals surface area contributed by atoms with E-state index in [2.05, 4.69) is 9.72 Å². The maximum Gasteiger partial charge on any atom is 0.434 e. The highest BCUT2D eigenvalue weighted by atomic mass is 32.1. The topological polar surface area (TPSA) is 44.1 Å². The van der Waals surface area contributed by atoms with Gasteiger partial charge in [-0.25, -0.2) is 9.78 Å². The number of esters is 1. The third-order valence-electron chi connectivity index (χ3n) is 2.38. The zero-order valence-corrected chi connectivity index (χ0v) is 10.8. The van der Waals surface area contributed by atoms with Crippen LogP contribution in [0, 0.1) is 0 Å². The van der Waals surface area contributed by atoms with Crippen molar-refractivity contribution in [3.8, 4) is 10.7 Å². The molecule has 2 rings (SSSR count). The molecule has 0 N–H and O–H groups in total. The first-order valence-electron chi connectivity index (χ1n) is 5.12. The van der Waals surface area contributed by atoms with Crippen molar-refractivity contribution < 1.29 is 22.7 Å². The lowest BCUT2D eigenvalue weighted by Gasteiger charge is -1.99. The molecule has 0 bridgehead atoms. The molecule has 2 heterocycles. The molecule has 2 aromatic rings. The van der Waals surface area contributed by atoms with Crippen molar-refractivity contribution in [2.45, 2.75) is 6.18 Å². The van der Waals surface area contributed by atoms with Crippen LogP contribution >= 0.6 is 11.3 Å². The smallest absolute Gasteiger partial charge is 0.434 e. The zero-order valence-electron chi connectivity index (χ0n) is 9.99. The third-order valence-corrected chi connectivity index (χ3v) is 3.44. The van der Waals surface area contributed by atoms with E-state index in [1.165, 1.54) is 24.8 Å². The molecule has 0 aromatic carbocycles. The van der Waals surface area contributed by atoms with Gasteiger partial charge in [0.25, 0.3) is 0 Å². The molecule has 4 nitrogen and oxygen atoms in total. The third kappa shape index (κ3) is 2.62. The predicted molar refractivity (Wildman–Crippen MR) is 62.9 cm³/mol. The van der Waals surface area contributed by atoms with E-state index in [9.17, 15) is 18.0 Å². The van der Waals surface area contributed by atoms with Gasteiger partial charge in [0.1, 0.15) is 4.88 Å². The second-order valence-corrected chi connectivity index (χ2v) is 4.80. The van der Waals surface area contributed by atoms with Gasteiger partial charge in [0.2, 0.25) is 0 Å². The highest BCUT2D eigenvalue weighted by molar-refractivity contribution is 7.17. The standard InChI is InChI=1S/C11H9F3N2O2S/c1-16-5-8(11(12,13)14)15-9(16)6-3-4-7(19-6)10(17)18-2/h3-5H,1-2H3. The normalized spacial score (nSPS) is 11.6. The number of hydrogen-bond donors (Lipinski definition) is 0. The van der Waals surface area contributed by atoms with E-state index in [4.69, 9.17) is 0 Å². The zero-order chi connectivity index (χ0) is 14.2. The first-order valence-corrected chi connectivity index (χ1v) is 5.93. The molecular weight excluding hydrogens is 281 g/mol. The molecule has 0 radical (unpaired) electrons. The first-order chi connectivity index (χ1) is 8.82. The molecule has 0 saturated heterocycles. The number of rotatable bonds is 2. The van der Waals surface area contributed by atoms with Crippen molar-refractivity contribution >= 4 is 17.3 Å². The predicted octanol–water partition coefficient (Wildman–Crippen LogP) is 2.95. The van der Waals surface area contributed by atoms with E-state index < -0.39 is 17.8 Å². The molecule has 0 unspecified atom stereocenters. The fourth-order valence-electron chi connectivity index (χ4n) is 1.50. The van der Waals surface area contributed by atoms with Crippen LogP contribution in [0.1, 0.15) is 15.4 Å². The molecule has 0 aliphatic heterocycles. The minimum Gasteiger partial charge on any atom is -0.465 e. The van der Waals surface area contributed by atoms with Crippen LogP contribution < -0.4 is 0 Å². The molecule has 0 atom stereocenters. The Labute approximate surface area is 110 Å². The van der Waals surface area contributed by atoms with Crippen LogP contribution in [0.5, 0.6) is 0 Å². The Bertz CT molecular complexity index is 616. The lowest BCUT2D eigenvalue weighted by molar-refractivity contribution is -0.140. The van der Waals surface area contributed by atoms with Crippen molar-refractivity contribution in [2.24, 2.45) is 7.05 Å². The summed E-state index contributed by atoms with van der Waals surface area (Å²) in [6, 6.07) is 3.03. The molecule has 0 amide bonds. The molecule has 0 saturated carbocycles. The van der Waals surface area contributed by atoms with Crippen LogP contribution in [-0.4, -0.2) is 22.6 Å². The Morgan fingerprint density at radius 3 is 2.63 bits per heavy atom. The van der Waals surface area contributed by atoms with Gasteiger partial charge in [0, 0.05) is 13.2 Å². The lowest BCUT2D eigenvalue weighted by atomic mass is 10.4. The Morgan fingerprint density at radius 2 is 2.11 bits per heavy atom. The Kier molecular flexibility index (Phi) is 3.36. The summed E-state index contributed by atoms with van der Waals surface area (Å²) in [4.78, 5) is 15.6. The van der Waals surface area contributed by atoms with Gasteiger partial charge < -0.3 is 9.30 Å². The number of methoxy groups -OCH3 is 1. The summed E-state index contributed by atoms with van der Waals surface area (Å²) in [5.74, 6) is -0.367. The number of nitrogens with zero attached hydrogens (tertiary/aromatic N) is 2. The molecule has 2 aromatic heterocycles. The van der Waals surface area contributed by atoms with Crippen molar-refractivity contribution in [1.29, 1.82) is 0 Å². The fourth-order valence-corrected chi connectivity index (χ4v) is 2.46. The van der Waals surface area contributed by atoms with Crippen LogP contribution in [0.3, 0.4) is 0 Å². The number of halogens is 3. The molecule has 0 aliphatic rings. The van der Waals surface area contributed by atoms with Crippen molar-refractivity contribution in [2.75, 3.05) is 7.11 Å². The highest BCUT2D eigenvalue weighted by Gasteiger charge is 2.34. The van der Waals surface area contributed by atoms with E-state index in [1.54, 1.807) is 6.07 Å². The van der Waals surface area contributed by atoms with E-state index in [1.807, 2.05) is 0 Å². The number of carbonyl (C=O) groups excluding carboxylic acids is 1. The summed E-state index contributed by atoms with van der Waals surface area (Å²) in [5, 5.41) is 0. The van der Waals surface area contributed by atoms with Gasteiger partial charge in [-0.1, -0.05) is 0 Å². The largest absolute Gasteiger partial charge is 0.465 e. The number of imidazole rings is 1. The van der Waals surface area contributed by atoms with Crippen LogP contribution in [-0.2, 0) is 18.0 Å². The highest BCUT2D eigenvalue weighted by Crippen LogP contribution is 2.33. The second-order valence-electron chi connectivity index (χ2n) is 3.71. The van der Waals surface area contributed by atoms with Gasteiger partial charge in [-0.3, -0.25) is 0 Å². The minimum absolute atomic E-state index is 0.160. The van der Waals surface area contributed by atoms with Crippen molar-refractivity contribution in [3.63, 3.8) is 0 Å². The summed E-state index contributed by atoms with van der Waals surface area (Å²) in [7, 11) is 2.71. The average Bonchev–Trinajstić information content (AvgIpc) is 2.93. The minimum atomic E-state index is -4.49. The number of thiophene rings is 1.